The van der Waals surface area contributed by atoms with Gasteiger partial charge < -0.3 is 30.0 Å². The van der Waals surface area contributed by atoms with Gasteiger partial charge in [0.1, 0.15) is 28.9 Å². The van der Waals surface area contributed by atoms with E-state index in [-0.39, 0.29) is 36.0 Å². The minimum absolute atomic E-state index is 0.0422. The largest absolute Gasteiger partial charge is 0.465 e. The predicted octanol–water partition coefficient (Wildman–Crippen LogP) is 1.48. The molecule has 2 aliphatic rings. The van der Waals surface area contributed by atoms with E-state index in [2.05, 4.69) is 21.2 Å². The Morgan fingerprint density at radius 3 is 2.59 bits per heavy atom. The molecule has 10 heteroatoms. The molecule has 0 bridgehead atoms. The molecular weight excluding hydrogens is 448 g/mol. The second kappa shape index (κ2) is 7.88. The van der Waals surface area contributed by atoms with E-state index in [1.54, 1.807) is 18.2 Å². The predicted molar refractivity (Wildman–Crippen MR) is 104 cm³/mol. The van der Waals surface area contributed by atoms with Crippen LogP contribution in [0.15, 0.2) is 45.5 Å². The zero-order valence-corrected chi connectivity index (χ0v) is 17.5. The molecule has 2 aliphatic heterocycles. The Labute approximate surface area is 174 Å². The van der Waals surface area contributed by atoms with E-state index in [0.717, 1.165) is 7.11 Å². The van der Waals surface area contributed by atoms with E-state index in [1.165, 1.54) is 14.0 Å². The van der Waals surface area contributed by atoms with E-state index in [1.807, 2.05) is 0 Å². The number of halogens is 1. The van der Waals surface area contributed by atoms with Crippen molar-refractivity contribution in [3.8, 4) is 0 Å². The van der Waals surface area contributed by atoms with Gasteiger partial charge in [0.15, 0.2) is 0 Å². The van der Waals surface area contributed by atoms with Crippen molar-refractivity contribution in [3.63, 3.8) is 0 Å². The van der Waals surface area contributed by atoms with Crippen LogP contribution in [0.5, 0.6) is 0 Å². The van der Waals surface area contributed by atoms with Crippen LogP contribution in [-0.4, -0.2) is 45.3 Å². The topological polar surface area (TPSA) is 126 Å². The Hall–Kier alpha value is -2.85. The summed E-state index contributed by atoms with van der Waals surface area (Å²) < 4.78 is 21.1. The monoisotopic (exact) mass is 466 g/mol. The van der Waals surface area contributed by atoms with E-state index >= 15 is 0 Å². The Bertz CT molecular complexity index is 969. The molecule has 0 aliphatic carbocycles. The van der Waals surface area contributed by atoms with Gasteiger partial charge in [0.25, 0.3) is 0 Å². The number of anilines is 1. The number of carbonyl (C=O) groups is 3. The van der Waals surface area contributed by atoms with Crippen molar-refractivity contribution in [2.45, 2.75) is 12.3 Å². The number of hydrogen-bond acceptors (Lipinski definition) is 8. The third-order valence-electron chi connectivity index (χ3n) is 4.70. The summed E-state index contributed by atoms with van der Waals surface area (Å²) in [5.41, 5.74) is 4.44. The first-order valence-electron chi connectivity index (χ1n) is 8.54. The van der Waals surface area contributed by atoms with Crippen molar-refractivity contribution in [1.29, 1.82) is 0 Å². The SMILES string of the molecule is COCCOC(=O)C1=C(C)OC(N)=C(C(=O)OC)C12C(=O)Nc1ccc(Br)cc12. The Balaban J connectivity index is 2.30. The molecule has 1 atom stereocenters. The zero-order valence-electron chi connectivity index (χ0n) is 16.0. The van der Waals surface area contributed by atoms with Crippen molar-refractivity contribution < 1.29 is 33.3 Å². The zero-order chi connectivity index (χ0) is 21.3. The highest BCUT2D eigenvalue weighted by molar-refractivity contribution is 9.10. The molecule has 1 aromatic rings. The summed E-state index contributed by atoms with van der Waals surface area (Å²) in [5.74, 6) is -2.67. The van der Waals surface area contributed by atoms with E-state index in [9.17, 15) is 14.4 Å². The van der Waals surface area contributed by atoms with Crippen molar-refractivity contribution in [1.82, 2.24) is 0 Å². The second-order valence-electron chi connectivity index (χ2n) is 6.29. The minimum Gasteiger partial charge on any atom is -0.465 e. The van der Waals surface area contributed by atoms with Gasteiger partial charge in [-0.15, -0.1) is 0 Å². The summed E-state index contributed by atoms with van der Waals surface area (Å²) in [6.45, 7) is 1.57. The van der Waals surface area contributed by atoms with Gasteiger partial charge in [-0.05, 0) is 25.1 Å². The fraction of sp³-hybridized carbons (Fsp3) is 0.316. The van der Waals surface area contributed by atoms with E-state index in [0.29, 0.717) is 15.7 Å². The van der Waals surface area contributed by atoms with E-state index in [4.69, 9.17) is 24.7 Å². The Morgan fingerprint density at radius 1 is 1.21 bits per heavy atom. The number of benzene rings is 1. The van der Waals surface area contributed by atoms with Crippen LogP contribution in [0.25, 0.3) is 0 Å². The first-order chi connectivity index (χ1) is 13.8. The Kier molecular flexibility index (Phi) is 5.67. The van der Waals surface area contributed by atoms with Crippen LogP contribution in [0.2, 0.25) is 0 Å². The van der Waals surface area contributed by atoms with Gasteiger partial charge >= 0.3 is 11.9 Å². The number of rotatable bonds is 5. The molecule has 1 aromatic carbocycles. The highest BCUT2D eigenvalue weighted by Crippen LogP contribution is 2.52. The third-order valence-corrected chi connectivity index (χ3v) is 5.19. The molecule has 1 amide bonds. The van der Waals surface area contributed by atoms with E-state index < -0.39 is 23.3 Å². The molecule has 0 aromatic heterocycles. The van der Waals surface area contributed by atoms with Gasteiger partial charge in [-0.2, -0.15) is 0 Å². The number of nitrogens with one attached hydrogen (secondary N) is 1. The molecule has 1 spiro atoms. The van der Waals surface area contributed by atoms with Crippen LogP contribution in [0.4, 0.5) is 5.69 Å². The minimum atomic E-state index is -1.89. The lowest BCUT2D eigenvalue weighted by Crippen LogP contribution is -2.48. The number of esters is 2. The number of carbonyl (C=O) groups excluding carboxylic acids is 3. The maximum absolute atomic E-state index is 13.3. The molecule has 29 heavy (non-hydrogen) atoms. The molecular formula is C19H19BrN2O7. The highest BCUT2D eigenvalue weighted by atomic mass is 79.9. The van der Waals surface area contributed by atoms with Gasteiger partial charge in [-0.3, -0.25) is 4.79 Å². The lowest BCUT2D eigenvalue weighted by molar-refractivity contribution is -0.143. The molecule has 154 valence electrons. The van der Waals surface area contributed by atoms with Gasteiger partial charge in [-0.25, -0.2) is 9.59 Å². The number of ether oxygens (including phenoxy) is 4. The summed E-state index contributed by atoms with van der Waals surface area (Å²) in [5, 5.41) is 2.71. The van der Waals surface area contributed by atoms with Gasteiger partial charge in [0, 0.05) is 22.8 Å². The smallest absolute Gasteiger partial charge is 0.340 e. The molecule has 3 rings (SSSR count). The van der Waals surface area contributed by atoms with Gasteiger partial charge in [-0.1, -0.05) is 15.9 Å². The lowest BCUT2D eigenvalue weighted by Gasteiger charge is -2.35. The number of allylic oxidation sites excluding steroid dienone is 1. The molecule has 0 saturated heterocycles. The maximum Gasteiger partial charge on any atom is 0.340 e. The van der Waals surface area contributed by atoms with Crippen LogP contribution in [0, 0.1) is 0 Å². The van der Waals surface area contributed by atoms with Crippen molar-refractivity contribution in [2.75, 3.05) is 32.8 Å². The van der Waals surface area contributed by atoms with Gasteiger partial charge in [0.2, 0.25) is 11.8 Å². The molecule has 1 unspecified atom stereocenters. The number of nitrogens with two attached hydrogens (primary N) is 1. The maximum atomic E-state index is 13.3. The average Bonchev–Trinajstić information content (AvgIpc) is 2.93. The van der Waals surface area contributed by atoms with Crippen LogP contribution >= 0.6 is 15.9 Å². The fourth-order valence-corrected chi connectivity index (χ4v) is 3.91. The first kappa shape index (κ1) is 20.9. The molecule has 9 nitrogen and oxygen atoms in total. The normalized spacial score (nSPS) is 20.3. The van der Waals surface area contributed by atoms with Crippen LogP contribution < -0.4 is 11.1 Å². The number of amides is 1. The second-order valence-corrected chi connectivity index (χ2v) is 7.20. The quantitative estimate of drug-likeness (QED) is 0.493. The summed E-state index contributed by atoms with van der Waals surface area (Å²) in [6.07, 6.45) is 0. The summed E-state index contributed by atoms with van der Waals surface area (Å²) in [7, 11) is 2.60. The van der Waals surface area contributed by atoms with Crippen molar-refractivity contribution in [3.05, 3.63) is 51.0 Å². The number of fused-ring (bicyclic) bond motifs is 2. The standard InChI is InChI=1S/C19H19BrN2O7/c1-9-13(17(24)28-7-6-26-2)19(14(15(21)29-9)16(23)27-3)11-8-10(20)4-5-12(11)22-18(19)25/h4-5,8H,6-7,21H2,1-3H3,(H,22,25). The van der Waals surface area contributed by atoms with Crippen LogP contribution in [-0.2, 0) is 38.7 Å². The number of methoxy groups -OCH3 is 2. The van der Waals surface area contributed by atoms with Crippen molar-refractivity contribution >= 4 is 39.5 Å². The molecule has 0 fully saturated rings. The van der Waals surface area contributed by atoms with Crippen LogP contribution in [0.3, 0.4) is 0 Å². The summed E-state index contributed by atoms with van der Waals surface area (Å²) in [4.78, 5) is 39.1. The highest BCUT2D eigenvalue weighted by Gasteiger charge is 2.61. The molecule has 0 saturated carbocycles. The number of hydrogen-bond donors (Lipinski definition) is 2. The van der Waals surface area contributed by atoms with Crippen LogP contribution in [0.1, 0.15) is 12.5 Å². The fourth-order valence-electron chi connectivity index (χ4n) is 3.55. The lowest BCUT2D eigenvalue weighted by atomic mass is 9.67. The van der Waals surface area contributed by atoms with Crippen molar-refractivity contribution in [2.24, 2.45) is 5.73 Å². The summed E-state index contributed by atoms with van der Waals surface area (Å²) in [6, 6.07) is 5.00. The molecule has 3 N–H and O–H groups in total. The molecule has 2 heterocycles. The average molecular weight is 467 g/mol. The Morgan fingerprint density at radius 2 is 1.93 bits per heavy atom. The first-order valence-corrected chi connectivity index (χ1v) is 9.33. The molecule has 0 radical (unpaired) electrons. The summed E-state index contributed by atoms with van der Waals surface area (Å²) >= 11 is 3.36. The van der Waals surface area contributed by atoms with Gasteiger partial charge in [0.05, 0.1) is 13.7 Å². The third kappa shape index (κ3) is 3.18.